The van der Waals surface area contributed by atoms with Crippen molar-refractivity contribution in [3.8, 4) is 0 Å². The quantitative estimate of drug-likeness (QED) is 0.239. The Morgan fingerprint density at radius 2 is 1.75 bits per heavy atom. The molecule has 0 saturated carbocycles. The third-order valence-electron chi connectivity index (χ3n) is 8.38. The summed E-state index contributed by atoms with van der Waals surface area (Å²) < 4.78 is 0. The van der Waals surface area contributed by atoms with Crippen molar-refractivity contribution in [2.24, 2.45) is 17.8 Å². The van der Waals surface area contributed by atoms with Gasteiger partial charge >= 0.3 is 0 Å². The first-order valence-corrected chi connectivity index (χ1v) is 15.1. The van der Waals surface area contributed by atoms with Crippen LogP contribution in [0.2, 0.25) is 0 Å². The van der Waals surface area contributed by atoms with Gasteiger partial charge < -0.3 is 0 Å². The van der Waals surface area contributed by atoms with Crippen LogP contribution >= 0.6 is 0 Å². The maximum absolute atomic E-state index is 13.2. The Hall–Kier alpha value is -3.14. The van der Waals surface area contributed by atoms with Gasteiger partial charge in [0.05, 0.1) is 6.42 Å². The zero-order valence-electron chi connectivity index (χ0n) is 24.8. The number of hydrogen-bond donors (Lipinski definition) is 0. The van der Waals surface area contributed by atoms with Crippen molar-refractivity contribution in [2.75, 3.05) is 0 Å². The zero-order chi connectivity index (χ0) is 29.1. The second kappa shape index (κ2) is 15.6. The molecule has 4 heteroatoms. The van der Waals surface area contributed by atoms with Crippen molar-refractivity contribution in [3.05, 3.63) is 71.3 Å². The molecule has 0 radical (unpaired) electrons. The van der Waals surface area contributed by atoms with Crippen molar-refractivity contribution in [1.29, 1.82) is 0 Å². The number of Topliss-reactive ketones (excluding diaryl/α,β-unsaturated/α-hetero) is 4. The number of carbonyl (C=O) groups is 4. The smallest absolute Gasteiger partial charge is 0.143 e. The number of allylic oxidation sites excluding steroid dienone is 4. The van der Waals surface area contributed by atoms with Crippen molar-refractivity contribution in [1.82, 2.24) is 0 Å². The second-order valence-electron chi connectivity index (χ2n) is 11.7. The molecule has 1 aliphatic carbocycles. The van der Waals surface area contributed by atoms with E-state index in [1.54, 1.807) is 0 Å². The van der Waals surface area contributed by atoms with E-state index < -0.39 is 0 Å². The third-order valence-corrected chi connectivity index (χ3v) is 8.38. The maximum Gasteiger partial charge on any atom is 0.143 e. The molecule has 4 nitrogen and oxygen atoms in total. The zero-order valence-corrected chi connectivity index (χ0v) is 24.8. The first-order chi connectivity index (χ1) is 19.2. The van der Waals surface area contributed by atoms with Gasteiger partial charge in [0.25, 0.3) is 0 Å². The number of carbonyl (C=O) groups excluding carboxylic acids is 4. The number of hydrogen-bond acceptors (Lipinski definition) is 4. The molecular weight excluding hydrogens is 496 g/mol. The summed E-state index contributed by atoms with van der Waals surface area (Å²) in [6.45, 7) is 7.62. The Labute approximate surface area is 240 Å². The Bertz CT molecular complexity index is 1260. The summed E-state index contributed by atoms with van der Waals surface area (Å²) in [6.07, 6.45) is 11.0. The number of rotatable bonds is 13. The van der Waals surface area contributed by atoms with Crippen LogP contribution in [0.1, 0.15) is 97.5 Å². The van der Waals surface area contributed by atoms with Crippen LogP contribution in [0.5, 0.6) is 0 Å². The highest BCUT2D eigenvalue weighted by atomic mass is 16.1. The normalized spacial score (nSPS) is 20.6. The van der Waals surface area contributed by atoms with Crippen molar-refractivity contribution >= 4 is 33.9 Å². The van der Waals surface area contributed by atoms with Crippen LogP contribution in [-0.2, 0) is 25.6 Å². The highest BCUT2D eigenvalue weighted by Crippen LogP contribution is 2.34. The summed E-state index contributed by atoms with van der Waals surface area (Å²) in [6, 6.07) is 14.2. The number of fused-ring (bicyclic) bond motifs is 1. The van der Waals surface area contributed by atoms with Gasteiger partial charge in [0.15, 0.2) is 0 Å². The summed E-state index contributed by atoms with van der Waals surface area (Å²) in [5.41, 5.74) is 2.97. The second-order valence-corrected chi connectivity index (χ2v) is 11.7. The lowest BCUT2D eigenvalue weighted by atomic mass is 9.75. The summed E-state index contributed by atoms with van der Waals surface area (Å²) >= 11 is 0. The molecule has 214 valence electrons. The molecule has 0 aromatic heterocycles. The summed E-state index contributed by atoms with van der Waals surface area (Å²) in [5, 5.41) is 2.25. The largest absolute Gasteiger partial charge is 0.300 e. The first kappa shape index (κ1) is 31.4. The van der Waals surface area contributed by atoms with Gasteiger partial charge in [-0.15, -0.1) is 0 Å². The molecule has 0 N–H and O–H groups in total. The van der Waals surface area contributed by atoms with E-state index >= 15 is 0 Å². The molecule has 0 amide bonds. The fraction of sp³-hybridized carbons (Fsp3) is 0.500. The van der Waals surface area contributed by atoms with Gasteiger partial charge in [-0.2, -0.15) is 0 Å². The van der Waals surface area contributed by atoms with Crippen molar-refractivity contribution in [2.45, 2.75) is 98.3 Å². The molecule has 3 rings (SSSR count). The van der Waals surface area contributed by atoms with Gasteiger partial charge in [0, 0.05) is 31.6 Å². The SMILES string of the molecule is CCCC(CC1CC/C=C\C(CC(=O)Cc2cccc3ccccc23)=C(\C)CC(=O)C1)C(CC)C(=O)CC(C)=O. The summed E-state index contributed by atoms with van der Waals surface area (Å²) in [7, 11) is 0. The van der Waals surface area contributed by atoms with E-state index in [4.69, 9.17) is 0 Å². The molecule has 0 fully saturated rings. The van der Waals surface area contributed by atoms with Crippen LogP contribution in [0.3, 0.4) is 0 Å². The van der Waals surface area contributed by atoms with Gasteiger partial charge in [-0.05, 0) is 73.3 Å². The minimum atomic E-state index is -0.120. The fourth-order valence-corrected chi connectivity index (χ4v) is 6.43. The predicted octanol–water partition coefficient (Wildman–Crippen LogP) is 8.35. The standard InChI is InChI=1S/C36H46O4/c1-5-12-30(34(6-2)36(40)20-26(4)37)21-27-13-7-8-15-29(25(3)19-32(38)22-27)23-33(39)24-31-17-11-16-28-14-9-10-18-35(28)31/h8-11,14-18,27,30,34H,5-7,12-13,19-24H2,1-4H3/b15-8-,29-25+. The van der Waals surface area contributed by atoms with Crippen LogP contribution in [0.25, 0.3) is 10.8 Å². The van der Waals surface area contributed by atoms with Crippen LogP contribution in [-0.4, -0.2) is 23.1 Å². The van der Waals surface area contributed by atoms with E-state index in [-0.39, 0.29) is 47.3 Å². The minimum absolute atomic E-state index is 0.0110. The van der Waals surface area contributed by atoms with Crippen LogP contribution < -0.4 is 0 Å². The molecule has 3 atom stereocenters. The molecule has 3 unspecified atom stereocenters. The van der Waals surface area contributed by atoms with E-state index in [2.05, 4.69) is 37.3 Å². The Balaban J connectivity index is 1.68. The number of ketones is 4. The average molecular weight is 543 g/mol. The van der Waals surface area contributed by atoms with E-state index in [9.17, 15) is 19.2 Å². The van der Waals surface area contributed by atoms with E-state index in [1.165, 1.54) is 6.92 Å². The topological polar surface area (TPSA) is 68.3 Å². The van der Waals surface area contributed by atoms with E-state index in [1.807, 2.05) is 38.1 Å². The first-order valence-electron chi connectivity index (χ1n) is 15.1. The molecular formula is C36H46O4. The average Bonchev–Trinajstić information content (AvgIpc) is 2.90. The highest BCUT2D eigenvalue weighted by Gasteiger charge is 2.29. The maximum atomic E-state index is 13.2. The Morgan fingerprint density at radius 3 is 2.48 bits per heavy atom. The van der Waals surface area contributed by atoms with Gasteiger partial charge in [-0.3, -0.25) is 19.2 Å². The summed E-state index contributed by atoms with van der Waals surface area (Å²) in [4.78, 5) is 50.8. The molecule has 2 aromatic rings. The molecule has 0 saturated heterocycles. The third kappa shape index (κ3) is 9.21. The lowest BCUT2D eigenvalue weighted by molar-refractivity contribution is -0.130. The fourth-order valence-electron chi connectivity index (χ4n) is 6.43. The number of benzene rings is 2. The van der Waals surface area contributed by atoms with E-state index in [0.29, 0.717) is 25.7 Å². The monoisotopic (exact) mass is 542 g/mol. The van der Waals surface area contributed by atoms with Crippen molar-refractivity contribution in [3.63, 3.8) is 0 Å². The van der Waals surface area contributed by atoms with Crippen LogP contribution in [0, 0.1) is 17.8 Å². The van der Waals surface area contributed by atoms with Gasteiger partial charge in [-0.1, -0.05) is 86.9 Å². The Morgan fingerprint density at radius 1 is 1.00 bits per heavy atom. The van der Waals surface area contributed by atoms with Gasteiger partial charge in [-0.25, -0.2) is 0 Å². The van der Waals surface area contributed by atoms with Crippen molar-refractivity contribution < 1.29 is 19.2 Å². The van der Waals surface area contributed by atoms with Crippen LogP contribution in [0.4, 0.5) is 0 Å². The minimum Gasteiger partial charge on any atom is -0.300 e. The molecule has 40 heavy (non-hydrogen) atoms. The van der Waals surface area contributed by atoms with Gasteiger partial charge in [0.1, 0.15) is 23.1 Å². The highest BCUT2D eigenvalue weighted by molar-refractivity contribution is 5.99. The lowest BCUT2D eigenvalue weighted by Crippen LogP contribution is -2.27. The predicted molar refractivity (Wildman–Crippen MR) is 163 cm³/mol. The van der Waals surface area contributed by atoms with Gasteiger partial charge in [0.2, 0.25) is 0 Å². The molecule has 0 aliphatic heterocycles. The molecule has 1 aliphatic rings. The van der Waals surface area contributed by atoms with Crippen LogP contribution in [0.15, 0.2) is 65.8 Å². The molecule has 2 aromatic carbocycles. The molecule has 0 spiro atoms. The van der Waals surface area contributed by atoms with E-state index in [0.717, 1.165) is 66.0 Å². The lowest BCUT2D eigenvalue weighted by Gasteiger charge is -2.29. The Kier molecular flexibility index (Phi) is 12.2. The summed E-state index contributed by atoms with van der Waals surface area (Å²) in [5.74, 6) is 0.630. The molecule has 0 heterocycles. The molecule has 0 bridgehead atoms.